The van der Waals surface area contributed by atoms with Gasteiger partial charge in [0.15, 0.2) is 0 Å². The Kier molecular flexibility index (Phi) is 7.42. The van der Waals surface area contributed by atoms with Crippen LogP contribution in [-0.4, -0.2) is 14.7 Å². The Bertz CT molecular complexity index is 529. The predicted octanol–water partition coefficient (Wildman–Crippen LogP) is 3.80. The van der Waals surface area contributed by atoms with Crippen LogP contribution in [-0.2, 0) is 12.6 Å². The maximum atomic E-state index is 11.3. The van der Waals surface area contributed by atoms with E-state index in [1.54, 1.807) is 0 Å². The van der Waals surface area contributed by atoms with Crippen LogP contribution in [0.5, 0.6) is 0 Å². The second kappa shape index (κ2) is 8.56. The van der Waals surface area contributed by atoms with Crippen LogP contribution in [0, 0.1) is 13.4 Å². The van der Waals surface area contributed by atoms with Crippen LogP contribution >= 0.6 is 20.2 Å². The average Bonchev–Trinajstić information content (AvgIpc) is 2.37. The van der Waals surface area contributed by atoms with Crippen molar-refractivity contribution >= 4 is 30.4 Å². The molecular weight excluding hydrogens is 375 g/mol. The molecule has 0 aliphatic heterocycles. The molecule has 0 saturated carbocycles. The van der Waals surface area contributed by atoms with Crippen LogP contribution < -0.4 is 0 Å². The van der Waals surface area contributed by atoms with Gasteiger partial charge in [-0.25, -0.2) is 0 Å². The summed E-state index contributed by atoms with van der Waals surface area (Å²) in [5.74, 6) is 3.07. The van der Waals surface area contributed by atoms with Gasteiger partial charge in [0.2, 0.25) is 0 Å². The molecule has 19 heavy (non-hydrogen) atoms. The predicted molar refractivity (Wildman–Crippen MR) is 87.0 cm³/mol. The Morgan fingerprint density at radius 1 is 1.21 bits per heavy atom. The molecule has 5 heteroatoms. The van der Waals surface area contributed by atoms with Crippen molar-refractivity contribution in [1.29, 1.82) is 0 Å². The minimum atomic E-state index is -3.45. The van der Waals surface area contributed by atoms with E-state index in [0.29, 0.717) is 0 Å². The first-order valence-electron chi connectivity index (χ1n) is 6.16. The zero-order valence-electron chi connectivity index (χ0n) is 11.2. The third-order valence-electron chi connectivity index (χ3n) is 2.17. The number of benzene rings is 1. The monoisotopic (exact) mass is 394 g/mol. The first kappa shape index (κ1) is 16.5. The fourth-order valence-electron chi connectivity index (χ4n) is 1.32. The van der Waals surface area contributed by atoms with E-state index in [4.69, 9.17) is 2.51 Å². The Morgan fingerprint density at radius 2 is 1.89 bits per heavy atom. The summed E-state index contributed by atoms with van der Waals surface area (Å²) in [6, 6.07) is 9.43. The van der Waals surface area contributed by atoms with Crippen LogP contribution in [0.15, 0.2) is 30.3 Å². The summed E-state index contributed by atoms with van der Waals surface area (Å²) in [5, 5.41) is 0. The molecule has 3 nitrogen and oxygen atoms in total. The van der Waals surface area contributed by atoms with E-state index >= 15 is 0 Å². The molecular formula is C14H19IO3S. The number of unbranched alkanes of at least 4 members (excludes halogenated alkanes) is 3. The van der Waals surface area contributed by atoms with E-state index in [1.165, 1.54) is 0 Å². The van der Waals surface area contributed by atoms with E-state index in [2.05, 4.69) is 16.8 Å². The normalized spacial score (nSPS) is 11.6. The van der Waals surface area contributed by atoms with E-state index in [9.17, 15) is 8.42 Å². The van der Waals surface area contributed by atoms with Crippen molar-refractivity contribution in [2.24, 2.45) is 0 Å². The van der Waals surface area contributed by atoms with Crippen molar-refractivity contribution in [3.63, 3.8) is 0 Å². The molecule has 0 atom stereocenters. The number of hydrogen-bond acceptors (Lipinski definition) is 3. The molecule has 0 spiro atoms. The summed E-state index contributed by atoms with van der Waals surface area (Å²) in [7, 11) is -3.45. The van der Waals surface area contributed by atoms with Gasteiger partial charge in [0.25, 0.3) is 0 Å². The molecule has 1 aromatic rings. The molecule has 1 aromatic carbocycles. The summed E-state index contributed by atoms with van der Waals surface area (Å²) in [6.45, 7) is 2.14. The number of rotatable bonds is 6. The molecule has 1 rings (SSSR count). The Morgan fingerprint density at radius 3 is 2.47 bits per heavy atom. The zero-order chi connectivity index (χ0) is 14.1. The van der Waals surface area contributed by atoms with E-state index in [0.717, 1.165) is 35.5 Å². The van der Waals surface area contributed by atoms with Gasteiger partial charge in [-0.1, -0.05) is 0 Å². The molecule has 106 valence electrons. The first-order chi connectivity index (χ1) is 9.03. The zero-order valence-corrected chi connectivity index (χ0v) is 14.2. The van der Waals surface area contributed by atoms with Crippen LogP contribution in [0.1, 0.15) is 32.6 Å². The van der Waals surface area contributed by atoms with Crippen LogP contribution in [0.3, 0.4) is 0 Å². The summed E-state index contributed by atoms with van der Waals surface area (Å²) in [5.41, 5.74) is 0. The van der Waals surface area contributed by atoms with Crippen LogP contribution in [0.25, 0.3) is 0 Å². The van der Waals surface area contributed by atoms with Gasteiger partial charge in [0, 0.05) is 0 Å². The molecule has 0 aliphatic carbocycles. The molecule has 0 bridgehead atoms. The molecule has 0 N–H and O–H groups in total. The second-order valence-corrected chi connectivity index (χ2v) is 9.86. The summed E-state index contributed by atoms with van der Waals surface area (Å²) < 4.78 is 31.8. The molecule has 0 heterocycles. The van der Waals surface area contributed by atoms with Gasteiger partial charge in [0.1, 0.15) is 0 Å². The minimum absolute atomic E-state index is 0.807. The van der Waals surface area contributed by atoms with Gasteiger partial charge in [-0.2, -0.15) is 0 Å². The van der Waals surface area contributed by atoms with Gasteiger partial charge < -0.3 is 0 Å². The van der Waals surface area contributed by atoms with Gasteiger partial charge in [-0.05, 0) is 0 Å². The Labute approximate surface area is 123 Å². The Balaban J connectivity index is 2.76. The third kappa shape index (κ3) is 7.55. The molecule has 0 saturated heterocycles. The van der Waals surface area contributed by atoms with Crippen molar-refractivity contribution < 1.29 is 10.9 Å². The van der Waals surface area contributed by atoms with E-state index in [-0.39, 0.29) is 0 Å². The molecule has 0 amide bonds. The van der Waals surface area contributed by atoms with Gasteiger partial charge in [0.05, 0.1) is 0 Å². The van der Waals surface area contributed by atoms with Crippen molar-refractivity contribution in [1.82, 2.24) is 0 Å². The van der Waals surface area contributed by atoms with Crippen LogP contribution in [0.2, 0.25) is 0 Å². The van der Waals surface area contributed by atoms with Gasteiger partial charge in [-0.15, -0.1) is 0 Å². The summed E-state index contributed by atoms with van der Waals surface area (Å²) >= 11 is -2.41. The molecule has 0 unspecified atom stereocenters. The van der Waals surface area contributed by atoms with Crippen molar-refractivity contribution in [3.05, 3.63) is 33.9 Å². The Hall–Kier alpha value is -0.580. The van der Waals surface area contributed by atoms with Crippen molar-refractivity contribution in [2.75, 3.05) is 6.26 Å². The SMILES string of the molecule is CCCCCC#CI(OS(C)(=O)=O)c1ccccc1. The third-order valence-corrected chi connectivity index (χ3v) is 8.28. The average molecular weight is 394 g/mol. The number of hydrogen-bond donors (Lipinski definition) is 0. The maximum absolute atomic E-state index is 11.3. The van der Waals surface area contributed by atoms with Crippen LogP contribution in [0.4, 0.5) is 0 Å². The summed E-state index contributed by atoms with van der Waals surface area (Å²) in [4.78, 5) is 0. The topological polar surface area (TPSA) is 43.4 Å². The molecule has 0 fully saturated rings. The fraction of sp³-hybridized carbons (Fsp3) is 0.429. The molecule has 0 aromatic heterocycles. The molecule has 0 aliphatic rings. The van der Waals surface area contributed by atoms with E-state index in [1.807, 2.05) is 30.3 Å². The van der Waals surface area contributed by atoms with Crippen molar-refractivity contribution in [2.45, 2.75) is 32.6 Å². The summed E-state index contributed by atoms with van der Waals surface area (Å²) in [6.07, 6.45) is 5.26. The molecule has 0 radical (unpaired) electrons. The number of halogens is 1. The van der Waals surface area contributed by atoms with Crippen molar-refractivity contribution in [3.8, 4) is 9.85 Å². The van der Waals surface area contributed by atoms with Gasteiger partial charge >= 0.3 is 124 Å². The second-order valence-electron chi connectivity index (χ2n) is 4.04. The fourth-order valence-corrected chi connectivity index (χ4v) is 6.50. The quantitative estimate of drug-likeness (QED) is 0.419. The standard InChI is InChI=1S/C14H19IO3S/c1-3-4-5-6-10-13-15(18-19(2,16)17)14-11-8-7-9-12-14/h7-9,11-12H,3-6H2,1-2H3. The van der Waals surface area contributed by atoms with Gasteiger partial charge in [-0.3, -0.25) is 0 Å². The van der Waals surface area contributed by atoms with E-state index < -0.39 is 30.4 Å². The first-order valence-corrected chi connectivity index (χ1v) is 11.0.